The summed E-state index contributed by atoms with van der Waals surface area (Å²) >= 11 is 11.8. The molecule has 2 aromatic heterocycles. The number of nitrogens with zero attached hydrogens (tertiary/aromatic N) is 4. The second-order valence-electron chi connectivity index (χ2n) is 5.66. The Morgan fingerprint density at radius 2 is 2.40 bits per heavy atom. The predicted molar refractivity (Wildman–Crippen MR) is 94.3 cm³/mol. The van der Waals surface area contributed by atoms with Crippen LogP contribution >= 0.6 is 23.8 Å². The molecule has 0 aromatic carbocycles. The van der Waals surface area contributed by atoms with E-state index >= 15 is 0 Å². The van der Waals surface area contributed by atoms with Crippen LogP contribution in [0.25, 0.3) is 11.2 Å². The maximum absolute atomic E-state index is 10.9. The van der Waals surface area contributed by atoms with Gasteiger partial charge in [0, 0.05) is 0 Å². The highest BCUT2D eigenvalue weighted by Gasteiger charge is 2.57. The Morgan fingerprint density at radius 3 is 3.04 bits per heavy atom. The summed E-state index contributed by atoms with van der Waals surface area (Å²) in [5.74, 6) is 5.55. The van der Waals surface area contributed by atoms with E-state index in [4.69, 9.17) is 34.3 Å². The van der Waals surface area contributed by atoms with Gasteiger partial charge >= 0.3 is 0 Å². The molecular formula is C14H15ClN6O3S. The first-order chi connectivity index (χ1) is 11.8. The molecule has 11 heteroatoms. The smallest absolute Gasteiger partial charge is 0.200 e. The fraction of sp³-hybridized carbons (Fsp3) is 0.500. The van der Waals surface area contributed by atoms with Crippen LogP contribution in [0.15, 0.2) is 11.5 Å². The summed E-state index contributed by atoms with van der Waals surface area (Å²) in [7, 11) is 0. The van der Waals surface area contributed by atoms with E-state index in [1.54, 1.807) is 6.92 Å². The Kier molecular flexibility index (Phi) is 4.51. The van der Waals surface area contributed by atoms with E-state index in [9.17, 15) is 10.0 Å². The number of alkyl halides is 1. The van der Waals surface area contributed by atoms with Crippen molar-refractivity contribution < 1.29 is 9.84 Å². The molecule has 0 aliphatic carbocycles. The molecular weight excluding hydrogens is 368 g/mol. The number of fused-ring (bicyclic) bond motifs is 1. The fourth-order valence-electron chi connectivity index (χ4n) is 2.85. The van der Waals surface area contributed by atoms with Crippen LogP contribution in [-0.4, -0.2) is 47.7 Å². The maximum Gasteiger partial charge on any atom is 0.200 e. The fourth-order valence-corrected chi connectivity index (χ4v) is 3.48. The summed E-state index contributed by atoms with van der Waals surface area (Å²) in [6.45, 7) is 3.11. The summed E-state index contributed by atoms with van der Waals surface area (Å²) in [6.07, 6.45) is -1.74. The number of H-pyrrole nitrogens is 1. The molecule has 1 aliphatic rings. The van der Waals surface area contributed by atoms with Crippen LogP contribution in [0.3, 0.4) is 0 Å². The molecule has 0 radical (unpaired) electrons. The molecule has 25 heavy (non-hydrogen) atoms. The molecule has 5 atom stereocenters. The third-order valence-electron chi connectivity index (χ3n) is 4.05. The number of halogens is 1. The van der Waals surface area contributed by atoms with Crippen molar-refractivity contribution in [2.24, 2.45) is 5.18 Å². The van der Waals surface area contributed by atoms with Crippen molar-refractivity contribution in [2.75, 3.05) is 5.73 Å². The van der Waals surface area contributed by atoms with Crippen LogP contribution < -0.4 is 5.73 Å². The van der Waals surface area contributed by atoms with E-state index in [1.807, 2.05) is 0 Å². The number of nitroso groups, excluding NO2 is 1. The Hall–Kier alpha value is -2.06. The molecule has 9 nitrogen and oxygen atoms in total. The van der Waals surface area contributed by atoms with Crippen molar-refractivity contribution in [3.8, 4) is 11.8 Å². The number of aliphatic hydroxyl groups excluding tert-OH is 1. The van der Waals surface area contributed by atoms with Crippen molar-refractivity contribution in [2.45, 2.75) is 43.2 Å². The summed E-state index contributed by atoms with van der Waals surface area (Å²) < 4.78 is 7.65. The summed E-state index contributed by atoms with van der Waals surface area (Å²) in [5.41, 5.74) is 6.45. The lowest BCUT2D eigenvalue weighted by molar-refractivity contribution is -0.0273. The zero-order valence-corrected chi connectivity index (χ0v) is 14.9. The largest absolute Gasteiger partial charge is 0.387 e. The zero-order valence-electron chi connectivity index (χ0n) is 13.3. The Labute approximate surface area is 152 Å². The third kappa shape index (κ3) is 2.69. The molecule has 2 aromatic rings. The Balaban J connectivity index is 2.19. The molecule has 1 unspecified atom stereocenters. The summed E-state index contributed by atoms with van der Waals surface area (Å²) in [4.78, 5) is 20.5. The minimum Gasteiger partial charge on any atom is -0.387 e. The topological polar surface area (TPSA) is 131 Å². The van der Waals surface area contributed by atoms with Gasteiger partial charge in [0.2, 0.25) is 5.95 Å². The number of nitrogens with two attached hydrogens (primary N) is 1. The van der Waals surface area contributed by atoms with Gasteiger partial charge in [0.15, 0.2) is 16.7 Å². The van der Waals surface area contributed by atoms with E-state index in [0.29, 0.717) is 15.8 Å². The van der Waals surface area contributed by atoms with Gasteiger partial charge in [-0.05, 0) is 13.8 Å². The van der Waals surface area contributed by atoms with Gasteiger partial charge in [0.1, 0.15) is 28.4 Å². The van der Waals surface area contributed by atoms with Gasteiger partial charge in [-0.25, -0.2) is 4.98 Å². The quantitative estimate of drug-likeness (QED) is 0.317. The monoisotopic (exact) mass is 382 g/mol. The van der Waals surface area contributed by atoms with E-state index in [2.05, 4.69) is 32.0 Å². The van der Waals surface area contributed by atoms with Crippen LogP contribution in [-0.2, 0) is 4.74 Å². The number of aromatic amines is 1. The van der Waals surface area contributed by atoms with Crippen LogP contribution in [0, 0.1) is 21.4 Å². The van der Waals surface area contributed by atoms with Crippen LogP contribution in [0.5, 0.6) is 0 Å². The highest BCUT2D eigenvalue weighted by molar-refractivity contribution is 7.71. The van der Waals surface area contributed by atoms with Crippen molar-refractivity contribution in [1.82, 2.24) is 19.5 Å². The van der Waals surface area contributed by atoms with Crippen LogP contribution in [0.4, 0.5) is 5.95 Å². The molecule has 0 bridgehead atoms. The number of anilines is 1. The Morgan fingerprint density at radius 1 is 1.68 bits per heavy atom. The van der Waals surface area contributed by atoms with Crippen molar-refractivity contribution in [1.29, 1.82) is 0 Å². The van der Waals surface area contributed by atoms with Crippen molar-refractivity contribution in [3.05, 3.63) is 15.9 Å². The number of aromatic nitrogens is 4. The second-order valence-corrected chi connectivity index (χ2v) is 6.70. The van der Waals surface area contributed by atoms with Crippen molar-refractivity contribution >= 4 is 40.9 Å². The Bertz CT molecular complexity index is 949. The number of aliphatic hydroxyl groups is 1. The van der Waals surface area contributed by atoms with Crippen LogP contribution in [0.1, 0.15) is 20.1 Å². The van der Waals surface area contributed by atoms with E-state index in [1.165, 1.54) is 17.8 Å². The molecule has 4 N–H and O–H groups in total. The molecule has 132 valence electrons. The van der Waals surface area contributed by atoms with Crippen molar-refractivity contribution in [3.63, 3.8) is 0 Å². The number of rotatable bonds is 3. The number of hydrogen-bond donors (Lipinski definition) is 3. The number of nitrogen functional groups attached to an aromatic ring is 1. The molecule has 1 aliphatic heterocycles. The molecule has 1 fully saturated rings. The van der Waals surface area contributed by atoms with E-state index in [-0.39, 0.29) is 5.95 Å². The molecule has 0 amide bonds. The first kappa shape index (κ1) is 17.8. The zero-order chi connectivity index (χ0) is 18.4. The summed E-state index contributed by atoms with van der Waals surface area (Å²) in [6, 6.07) is -0.826. The highest BCUT2D eigenvalue weighted by Crippen LogP contribution is 2.45. The number of hydrogen-bond acceptors (Lipinski definition) is 8. The highest BCUT2D eigenvalue weighted by atomic mass is 35.5. The van der Waals surface area contributed by atoms with Crippen LogP contribution in [0.2, 0.25) is 0 Å². The first-order valence-electron chi connectivity index (χ1n) is 7.34. The normalized spacial score (nSPS) is 30.0. The van der Waals surface area contributed by atoms with Gasteiger partial charge in [-0.2, -0.15) is 9.89 Å². The van der Waals surface area contributed by atoms with E-state index < -0.39 is 29.4 Å². The summed E-state index contributed by atoms with van der Waals surface area (Å²) in [5, 5.41) is 13.6. The molecule has 1 saturated heterocycles. The molecule has 0 spiro atoms. The number of ether oxygens (including phenoxy) is 1. The van der Waals surface area contributed by atoms with Gasteiger partial charge in [-0.1, -0.05) is 34.9 Å². The standard InChI is InChI=1S/C14H15ClN6O3S/c1-3-4-14(15)9(22)8(6(2)20-23)24-12(14)21-5-17-7-10(21)18-13(16)19-11(7)25/h5-6,8-9,12,22H,1-2H3,(H3,16,18,19,25)/t6-,8-,9?,12-,14-/m1/s1. The minimum absolute atomic E-state index is 0.0963. The van der Waals surface area contributed by atoms with Gasteiger partial charge in [0.25, 0.3) is 0 Å². The van der Waals surface area contributed by atoms with E-state index in [0.717, 1.165) is 0 Å². The predicted octanol–water partition coefficient (Wildman–Crippen LogP) is 1.49. The average Bonchev–Trinajstić information content (AvgIpc) is 3.08. The van der Waals surface area contributed by atoms with Gasteiger partial charge in [-0.15, -0.1) is 5.92 Å². The molecule has 0 saturated carbocycles. The van der Waals surface area contributed by atoms with Gasteiger partial charge in [-0.3, -0.25) is 4.57 Å². The lowest BCUT2D eigenvalue weighted by Crippen LogP contribution is -2.42. The average molecular weight is 383 g/mol. The van der Waals surface area contributed by atoms with Gasteiger partial charge < -0.3 is 20.6 Å². The SMILES string of the molecule is CC#C[C@@]1(Cl)C(O)[C@@H]([C@@H](C)N=O)O[C@H]1n1cnc2c(=S)[nH]c(N)nc21. The number of nitrogens with one attached hydrogen (secondary N) is 1. The van der Waals surface area contributed by atoms with Gasteiger partial charge in [0.05, 0.1) is 6.33 Å². The second kappa shape index (κ2) is 6.34. The number of imidazole rings is 1. The molecule has 3 rings (SSSR count). The maximum atomic E-state index is 10.9. The first-order valence-corrected chi connectivity index (χ1v) is 8.13. The lowest BCUT2D eigenvalue weighted by Gasteiger charge is -2.25. The molecule has 3 heterocycles. The third-order valence-corrected chi connectivity index (χ3v) is 4.85. The minimum atomic E-state index is -1.52. The lowest BCUT2D eigenvalue weighted by atomic mass is 9.96.